The molecule has 0 amide bonds. The van der Waals surface area contributed by atoms with Gasteiger partial charge in [-0.3, -0.25) is 0 Å². The van der Waals surface area contributed by atoms with E-state index in [1.165, 1.54) is 16.7 Å². The van der Waals surface area contributed by atoms with Crippen molar-refractivity contribution in [2.24, 2.45) is 5.73 Å². The molecule has 2 N–H and O–H groups in total. The van der Waals surface area contributed by atoms with Crippen LogP contribution in [0, 0.1) is 13.8 Å². The molecule has 21 heavy (non-hydrogen) atoms. The van der Waals surface area contributed by atoms with Crippen molar-refractivity contribution < 1.29 is 4.74 Å². The topological polar surface area (TPSA) is 35.2 Å². The van der Waals surface area contributed by atoms with Crippen LogP contribution in [0.15, 0.2) is 42.5 Å². The normalized spacial score (nSPS) is 12.2. The van der Waals surface area contributed by atoms with Gasteiger partial charge in [0.15, 0.2) is 0 Å². The summed E-state index contributed by atoms with van der Waals surface area (Å²) in [5.74, 6) is 0.916. The average Bonchev–Trinajstić information content (AvgIpc) is 2.49. The number of hydrogen-bond acceptors (Lipinski definition) is 2. The molecule has 0 heterocycles. The van der Waals surface area contributed by atoms with E-state index >= 15 is 0 Å². The van der Waals surface area contributed by atoms with Crippen molar-refractivity contribution in [2.75, 3.05) is 6.61 Å². The van der Waals surface area contributed by atoms with E-state index in [1.54, 1.807) is 0 Å². The molecular weight excluding hydrogens is 258 g/mol. The lowest BCUT2D eigenvalue weighted by Gasteiger charge is -2.14. The Morgan fingerprint density at radius 2 is 1.71 bits per heavy atom. The SMILES string of the molecule is CCCOc1ccc(C(N)Cc2ccc(C)c(C)c2)cc1. The van der Waals surface area contributed by atoms with E-state index in [1.807, 2.05) is 12.1 Å². The summed E-state index contributed by atoms with van der Waals surface area (Å²) in [5.41, 5.74) is 11.4. The number of hydrogen-bond donors (Lipinski definition) is 1. The summed E-state index contributed by atoms with van der Waals surface area (Å²) >= 11 is 0. The van der Waals surface area contributed by atoms with Crippen molar-refractivity contribution in [1.82, 2.24) is 0 Å². The van der Waals surface area contributed by atoms with E-state index in [2.05, 4.69) is 51.1 Å². The minimum absolute atomic E-state index is 0.0207. The highest BCUT2D eigenvalue weighted by Crippen LogP contribution is 2.21. The molecule has 2 heteroatoms. The molecule has 0 aromatic heterocycles. The maximum atomic E-state index is 6.32. The first-order valence-electron chi connectivity index (χ1n) is 7.64. The van der Waals surface area contributed by atoms with Crippen LogP contribution in [-0.4, -0.2) is 6.61 Å². The summed E-state index contributed by atoms with van der Waals surface area (Å²) in [6.07, 6.45) is 1.88. The van der Waals surface area contributed by atoms with Gasteiger partial charge in [0.05, 0.1) is 6.61 Å². The van der Waals surface area contributed by atoms with Gasteiger partial charge in [0.25, 0.3) is 0 Å². The summed E-state index contributed by atoms with van der Waals surface area (Å²) < 4.78 is 5.60. The lowest BCUT2D eigenvalue weighted by molar-refractivity contribution is 0.317. The number of aryl methyl sites for hydroxylation is 2. The lowest BCUT2D eigenvalue weighted by atomic mass is 9.97. The third-order valence-electron chi connectivity index (χ3n) is 3.81. The second kappa shape index (κ2) is 7.28. The number of ether oxygens (including phenoxy) is 1. The van der Waals surface area contributed by atoms with Crippen LogP contribution < -0.4 is 10.5 Å². The Labute approximate surface area is 127 Å². The van der Waals surface area contributed by atoms with Crippen LogP contribution >= 0.6 is 0 Å². The van der Waals surface area contributed by atoms with Gasteiger partial charge in [-0.15, -0.1) is 0 Å². The van der Waals surface area contributed by atoms with Crippen molar-refractivity contribution in [3.05, 3.63) is 64.7 Å². The molecule has 0 bridgehead atoms. The van der Waals surface area contributed by atoms with E-state index in [9.17, 15) is 0 Å². The highest BCUT2D eigenvalue weighted by atomic mass is 16.5. The molecule has 2 aromatic rings. The fourth-order valence-electron chi connectivity index (χ4n) is 2.33. The Morgan fingerprint density at radius 3 is 2.33 bits per heavy atom. The van der Waals surface area contributed by atoms with Crippen LogP contribution in [0.2, 0.25) is 0 Å². The molecule has 0 fully saturated rings. The first kappa shape index (κ1) is 15.6. The summed E-state index contributed by atoms with van der Waals surface area (Å²) in [6, 6.07) is 14.7. The predicted molar refractivity (Wildman–Crippen MR) is 88.8 cm³/mol. The molecule has 1 atom stereocenters. The lowest BCUT2D eigenvalue weighted by Crippen LogP contribution is -2.13. The molecule has 1 unspecified atom stereocenters. The second-order valence-corrected chi connectivity index (χ2v) is 5.65. The molecule has 0 aliphatic rings. The van der Waals surface area contributed by atoms with Gasteiger partial charge in [-0.05, 0) is 61.1 Å². The third-order valence-corrected chi connectivity index (χ3v) is 3.81. The molecule has 0 saturated heterocycles. The van der Waals surface area contributed by atoms with Gasteiger partial charge in [0, 0.05) is 6.04 Å². The van der Waals surface area contributed by atoms with Gasteiger partial charge in [-0.1, -0.05) is 37.3 Å². The van der Waals surface area contributed by atoms with Gasteiger partial charge in [-0.25, -0.2) is 0 Å². The fraction of sp³-hybridized carbons (Fsp3) is 0.368. The summed E-state index contributed by atoms with van der Waals surface area (Å²) in [5, 5.41) is 0. The van der Waals surface area contributed by atoms with Crippen LogP contribution in [0.1, 0.15) is 41.6 Å². The summed E-state index contributed by atoms with van der Waals surface area (Å²) in [6.45, 7) is 7.14. The largest absolute Gasteiger partial charge is 0.494 e. The molecule has 0 radical (unpaired) electrons. The Balaban J connectivity index is 2.02. The van der Waals surface area contributed by atoms with Gasteiger partial charge in [0.2, 0.25) is 0 Å². The molecule has 0 aliphatic heterocycles. The smallest absolute Gasteiger partial charge is 0.119 e. The molecule has 0 aliphatic carbocycles. The van der Waals surface area contributed by atoms with Crippen molar-refractivity contribution in [2.45, 2.75) is 39.7 Å². The Kier molecular flexibility index (Phi) is 5.40. The zero-order valence-corrected chi connectivity index (χ0v) is 13.2. The van der Waals surface area contributed by atoms with Crippen LogP contribution in [0.3, 0.4) is 0 Å². The van der Waals surface area contributed by atoms with Crippen molar-refractivity contribution in [3.8, 4) is 5.75 Å². The van der Waals surface area contributed by atoms with Crippen LogP contribution in [-0.2, 0) is 6.42 Å². The molecule has 0 saturated carbocycles. The first-order chi connectivity index (χ1) is 10.1. The monoisotopic (exact) mass is 283 g/mol. The summed E-state index contributed by atoms with van der Waals surface area (Å²) in [7, 11) is 0. The highest BCUT2D eigenvalue weighted by molar-refractivity contribution is 5.33. The van der Waals surface area contributed by atoms with E-state index in [0.717, 1.165) is 30.8 Å². The Morgan fingerprint density at radius 1 is 1.00 bits per heavy atom. The molecule has 112 valence electrons. The van der Waals surface area contributed by atoms with Crippen molar-refractivity contribution in [3.63, 3.8) is 0 Å². The van der Waals surface area contributed by atoms with Gasteiger partial charge in [0.1, 0.15) is 5.75 Å². The molecular formula is C19H25NO. The summed E-state index contributed by atoms with van der Waals surface area (Å²) in [4.78, 5) is 0. The zero-order valence-electron chi connectivity index (χ0n) is 13.2. The van der Waals surface area contributed by atoms with Gasteiger partial charge < -0.3 is 10.5 Å². The zero-order chi connectivity index (χ0) is 15.2. The Bertz CT molecular complexity index is 575. The van der Waals surface area contributed by atoms with Crippen LogP contribution in [0.5, 0.6) is 5.75 Å². The van der Waals surface area contributed by atoms with Gasteiger partial charge >= 0.3 is 0 Å². The molecule has 0 spiro atoms. The van der Waals surface area contributed by atoms with Crippen molar-refractivity contribution >= 4 is 0 Å². The Hall–Kier alpha value is -1.80. The third kappa shape index (κ3) is 4.33. The second-order valence-electron chi connectivity index (χ2n) is 5.65. The van der Waals surface area contributed by atoms with E-state index in [0.29, 0.717) is 0 Å². The predicted octanol–water partition coefficient (Wildman–Crippen LogP) is 4.33. The number of benzene rings is 2. The molecule has 2 aromatic carbocycles. The number of nitrogens with two attached hydrogens (primary N) is 1. The quantitative estimate of drug-likeness (QED) is 0.856. The average molecular weight is 283 g/mol. The van der Waals surface area contributed by atoms with Crippen LogP contribution in [0.4, 0.5) is 0 Å². The maximum Gasteiger partial charge on any atom is 0.119 e. The minimum atomic E-state index is 0.0207. The first-order valence-corrected chi connectivity index (χ1v) is 7.64. The standard InChI is InChI=1S/C19H25NO/c1-4-11-21-18-9-7-17(8-10-18)19(20)13-16-6-5-14(2)15(3)12-16/h5-10,12,19H,4,11,13,20H2,1-3H3. The maximum absolute atomic E-state index is 6.32. The highest BCUT2D eigenvalue weighted by Gasteiger charge is 2.08. The number of rotatable bonds is 6. The van der Waals surface area contributed by atoms with Crippen LogP contribution in [0.25, 0.3) is 0 Å². The molecule has 2 nitrogen and oxygen atoms in total. The van der Waals surface area contributed by atoms with E-state index in [-0.39, 0.29) is 6.04 Å². The fourth-order valence-corrected chi connectivity index (χ4v) is 2.33. The molecule has 2 rings (SSSR count). The van der Waals surface area contributed by atoms with Gasteiger partial charge in [-0.2, -0.15) is 0 Å². The van der Waals surface area contributed by atoms with E-state index in [4.69, 9.17) is 10.5 Å². The minimum Gasteiger partial charge on any atom is -0.494 e. The van der Waals surface area contributed by atoms with E-state index < -0.39 is 0 Å². The van der Waals surface area contributed by atoms with Crippen molar-refractivity contribution in [1.29, 1.82) is 0 Å².